The Hall–Kier alpha value is -1.66. The van der Waals surface area contributed by atoms with Crippen molar-refractivity contribution < 1.29 is 24.5 Å². The maximum Gasteiger partial charge on any atom is 0.305 e. The van der Waals surface area contributed by atoms with Gasteiger partial charge >= 0.3 is 5.97 Å². The van der Waals surface area contributed by atoms with Gasteiger partial charge in [0, 0.05) is 12.8 Å². The van der Waals surface area contributed by atoms with E-state index in [2.05, 4.69) is 43.5 Å². The summed E-state index contributed by atoms with van der Waals surface area (Å²) >= 11 is 0. The molecule has 0 aromatic rings. The molecule has 6 heteroatoms. The van der Waals surface area contributed by atoms with Crippen LogP contribution in [0.3, 0.4) is 0 Å². The van der Waals surface area contributed by atoms with Crippen molar-refractivity contribution in [3.63, 3.8) is 0 Å². The van der Waals surface area contributed by atoms with Gasteiger partial charge in [-0.05, 0) is 64.2 Å². The molecule has 0 aliphatic heterocycles. The summed E-state index contributed by atoms with van der Waals surface area (Å²) in [5.41, 5.74) is -1.34. The zero-order valence-corrected chi connectivity index (χ0v) is 30.3. The first kappa shape index (κ1) is 44.3. The smallest absolute Gasteiger partial charge is 0.305 e. The summed E-state index contributed by atoms with van der Waals surface area (Å²) in [5, 5.41) is 22.5. The molecule has 0 aromatic heterocycles. The molecule has 46 heavy (non-hydrogen) atoms. The molecule has 0 atom stereocenters. The average Bonchev–Trinajstić information content (AvgIpc) is 3.06. The van der Waals surface area contributed by atoms with Crippen molar-refractivity contribution in [3.05, 3.63) is 24.3 Å². The molecule has 3 N–H and O–H groups in total. The second-order valence-electron chi connectivity index (χ2n) is 13.5. The summed E-state index contributed by atoms with van der Waals surface area (Å²) in [6.07, 6.45) is 41.1. The van der Waals surface area contributed by atoms with Gasteiger partial charge in [0.1, 0.15) is 12.1 Å². The van der Waals surface area contributed by atoms with Gasteiger partial charge in [0.15, 0.2) is 0 Å². The molecule has 0 bridgehead atoms. The Bertz CT molecular complexity index is 731. The Labute approximate surface area is 284 Å². The molecule has 0 aliphatic rings. The third-order valence-electron chi connectivity index (χ3n) is 8.83. The van der Waals surface area contributed by atoms with E-state index in [0.29, 0.717) is 12.8 Å². The number of hydrogen-bond acceptors (Lipinski definition) is 5. The maximum absolute atomic E-state index is 12.5. The fraction of sp³-hybridized carbons (Fsp3) is 0.850. The summed E-state index contributed by atoms with van der Waals surface area (Å²) in [6.45, 7) is 3.32. The third-order valence-corrected chi connectivity index (χ3v) is 8.83. The molecule has 0 aliphatic carbocycles. The molecule has 0 radical (unpaired) electrons. The van der Waals surface area contributed by atoms with Crippen LogP contribution in [0.15, 0.2) is 24.3 Å². The first-order chi connectivity index (χ1) is 22.5. The van der Waals surface area contributed by atoms with E-state index in [1.807, 2.05) is 0 Å². The molecule has 6 nitrogen and oxygen atoms in total. The molecule has 0 fully saturated rings. The Morgan fingerprint density at radius 2 is 0.870 bits per heavy atom. The highest BCUT2D eigenvalue weighted by Crippen LogP contribution is 2.13. The molecule has 0 heterocycles. The molecule has 0 spiro atoms. The molecule has 0 saturated heterocycles. The van der Waals surface area contributed by atoms with Gasteiger partial charge in [-0.1, -0.05) is 141 Å². The predicted octanol–water partition coefficient (Wildman–Crippen LogP) is 10.4. The standard InChI is InChI=1S/C40H75NO5/c1-3-5-7-9-11-13-15-17-19-21-23-25-27-29-31-33-38(44)41-40(35-42,36-43)37-46-39(45)34-32-30-28-26-24-22-20-18-16-14-12-10-8-6-4-2/h17-20,42-43H,3-16,21-37H2,1-2H3,(H,41,44)/b19-17+,20-18+. The SMILES string of the molecule is CCCCCCCC/C=C/CCCCCCCC(=O)NC(CO)(CO)COC(=O)CCCCCCC/C=C/CCCCCCCC. The zero-order chi connectivity index (χ0) is 33.8. The highest BCUT2D eigenvalue weighted by Gasteiger charge is 2.32. The van der Waals surface area contributed by atoms with Crippen LogP contribution in [0.2, 0.25) is 0 Å². The summed E-state index contributed by atoms with van der Waals surface area (Å²) in [5.74, 6) is -0.579. The van der Waals surface area contributed by atoms with E-state index >= 15 is 0 Å². The van der Waals surface area contributed by atoms with Gasteiger partial charge in [-0.2, -0.15) is 0 Å². The number of ether oxygens (including phenoxy) is 1. The topological polar surface area (TPSA) is 95.9 Å². The fourth-order valence-electron chi connectivity index (χ4n) is 5.60. The van der Waals surface area contributed by atoms with Crippen LogP contribution in [-0.4, -0.2) is 47.4 Å². The Balaban J connectivity index is 3.83. The number of aliphatic hydroxyl groups excluding tert-OH is 2. The van der Waals surface area contributed by atoms with Gasteiger partial charge in [0.25, 0.3) is 0 Å². The molecule has 270 valence electrons. The number of rotatable bonds is 35. The predicted molar refractivity (Wildman–Crippen MR) is 195 cm³/mol. The molecule has 0 aromatic carbocycles. The van der Waals surface area contributed by atoms with Crippen molar-refractivity contribution in [1.82, 2.24) is 5.32 Å². The normalized spacial score (nSPS) is 12.0. The summed E-state index contributed by atoms with van der Waals surface area (Å²) in [4.78, 5) is 24.8. The minimum Gasteiger partial charge on any atom is -0.463 e. The lowest BCUT2D eigenvalue weighted by Gasteiger charge is -2.30. The molecule has 1 amide bonds. The number of carbonyl (C=O) groups excluding carboxylic acids is 2. The van der Waals surface area contributed by atoms with Crippen molar-refractivity contribution in [3.8, 4) is 0 Å². The van der Waals surface area contributed by atoms with Crippen LogP contribution in [-0.2, 0) is 14.3 Å². The number of hydrogen-bond donors (Lipinski definition) is 3. The van der Waals surface area contributed by atoms with E-state index in [1.165, 1.54) is 103 Å². The van der Waals surface area contributed by atoms with Gasteiger partial charge in [-0.25, -0.2) is 0 Å². The van der Waals surface area contributed by atoms with E-state index in [4.69, 9.17) is 4.74 Å². The van der Waals surface area contributed by atoms with Crippen LogP contribution in [0.5, 0.6) is 0 Å². The monoisotopic (exact) mass is 650 g/mol. The van der Waals surface area contributed by atoms with Crippen LogP contribution < -0.4 is 5.32 Å². The van der Waals surface area contributed by atoms with Crippen LogP contribution in [0, 0.1) is 0 Å². The average molecular weight is 650 g/mol. The first-order valence-corrected chi connectivity index (χ1v) is 19.5. The van der Waals surface area contributed by atoms with Gasteiger partial charge in [-0.3, -0.25) is 9.59 Å². The van der Waals surface area contributed by atoms with E-state index in [0.717, 1.165) is 64.2 Å². The van der Waals surface area contributed by atoms with Crippen LogP contribution >= 0.6 is 0 Å². The van der Waals surface area contributed by atoms with E-state index in [1.54, 1.807) is 0 Å². The van der Waals surface area contributed by atoms with Gasteiger partial charge in [0.05, 0.1) is 13.2 Å². The van der Waals surface area contributed by atoms with Gasteiger partial charge < -0.3 is 20.3 Å². The number of carbonyl (C=O) groups is 2. The zero-order valence-electron chi connectivity index (χ0n) is 30.3. The highest BCUT2D eigenvalue weighted by atomic mass is 16.5. The Morgan fingerprint density at radius 3 is 1.26 bits per heavy atom. The second kappa shape index (κ2) is 34.7. The van der Waals surface area contributed by atoms with Gasteiger partial charge in [0.2, 0.25) is 5.91 Å². The van der Waals surface area contributed by atoms with E-state index in [9.17, 15) is 19.8 Å². The highest BCUT2D eigenvalue weighted by molar-refractivity contribution is 5.77. The van der Waals surface area contributed by atoms with E-state index in [-0.39, 0.29) is 18.5 Å². The Morgan fingerprint density at radius 1 is 0.522 bits per heavy atom. The lowest BCUT2D eigenvalue weighted by Crippen LogP contribution is -2.57. The number of amides is 1. The second-order valence-corrected chi connectivity index (χ2v) is 13.5. The van der Waals surface area contributed by atoms with E-state index < -0.39 is 18.8 Å². The molecular formula is C40H75NO5. The largest absolute Gasteiger partial charge is 0.463 e. The van der Waals surface area contributed by atoms with Crippen LogP contribution in [0.25, 0.3) is 0 Å². The van der Waals surface area contributed by atoms with Gasteiger partial charge in [-0.15, -0.1) is 0 Å². The van der Waals surface area contributed by atoms with Crippen molar-refractivity contribution in [1.29, 1.82) is 0 Å². The number of aliphatic hydroxyl groups is 2. The maximum atomic E-state index is 12.5. The number of nitrogens with one attached hydrogen (secondary N) is 1. The lowest BCUT2D eigenvalue weighted by molar-refractivity contribution is -0.149. The lowest BCUT2D eigenvalue weighted by atomic mass is 10.0. The van der Waals surface area contributed by atoms with Crippen molar-refractivity contribution >= 4 is 11.9 Å². The first-order valence-electron chi connectivity index (χ1n) is 19.5. The quantitative estimate of drug-likeness (QED) is 0.0361. The fourth-order valence-corrected chi connectivity index (χ4v) is 5.60. The third kappa shape index (κ3) is 29.7. The number of unbranched alkanes of at least 4 members (excludes halogenated alkanes) is 22. The number of allylic oxidation sites excluding steroid dienone is 4. The molecule has 0 saturated carbocycles. The summed E-state index contributed by atoms with van der Waals surface area (Å²) < 4.78 is 5.35. The summed E-state index contributed by atoms with van der Waals surface area (Å²) in [7, 11) is 0. The van der Waals surface area contributed by atoms with Crippen LogP contribution in [0.4, 0.5) is 0 Å². The minimum absolute atomic E-state index is 0.220. The van der Waals surface area contributed by atoms with Crippen LogP contribution in [0.1, 0.15) is 194 Å². The molecular weight excluding hydrogens is 574 g/mol. The Kier molecular flexibility index (Phi) is 33.4. The van der Waals surface area contributed by atoms with Crippen molar-refractivity contribution in [2.75, 3.05) is 19.8 Å². The molecule has 0 rings (SSSR count). The number of esters is 1. The summed E-state index contributed by atoms with van der Waals surface area (Å²) in [6, 6.07) is 0. The van der Waals surface area contributed by atoms with Crippen molar-refractivity contribution in [2.24, 2.45) is 0 Å². The minimum atomic E-state index is -1.34. The molecule has 0 unspecified atom stereocenters. The van der Waals surface area contributed by atoms with Crippen molar-refractivity contribution in [2.45, 2.75) is 199 Å².